The number of nitrogens with one attached hydrogen (secondary N) is 1. The van der Waals surface area contributed by atoms with Crippen molar-refractivity contribution < 1.29 is 9.53 Å². The first-order valence-corrected chi connectivity index (χ1v) is 8.17. The van der Waals surface area contributed by atoms with Crippen LogP contribution in [0.3, 0.4) is 0 Å². The van der Waals surface area contributed by atoms with Crippen molar-refractivity contribution in [3.63, 3.8) is 0 Å². The standard InChI is InChI=1S/C17H19Cl2NO2/c1-17(2,3)22-16(21)15-11-6-4-5-10(11)12-7-9(18)8-13(19)14(12)20-15/h4-5,7-8,10-11,15,20H,6H2,1-3H3/t10-,11+,15-/m1/s1. The topological polar surface area (TPSA) is 38.3 Å². The van der Waals surface area contributed by atoms with E-state index in [9.17, 15) is 4.79 Å². The highest BCUT2D eigenvalue weighted by Crippen LogP contribution is 2.48. The smallest absolute Gasteiger partial charge is 0.329 e. The van der Waals surface area contributed by atoms with Gasteiger partial charge in [0.05, 0.1) is 10.7 Å². The van der Waals surface area contributed by atoms with Crippen molar-refractivity contribution in [2.75, 3.05) is 5.32 Å². The number of hydrogen-bond acceptors (Lipinski definition) is 3. The summed E-state index contributed by atoms with van der Waals surface area (Å²) in [5, 5.41) is 4.43. The van der Waals surface area contributed by atoms with Gasteiger partial charge < -0.3 is 10.1 Å². The summed E-state index contributed by atoms with van der Waals surface area (Å²) < 4.78 is 5.57. The molecule has 0 saturated carbocycles. The molecule has 1 aliphatic carbocycles. The van der Waals surface area contributed by atoms with Crippen LogP contribution in [0, 0.1) is 5.92 Å². The van der Waals surface area contributed by atoms with Crippen LogP contribution in [-0.2, 0) is 9.53 Å². The molecule has 0 spiro atoms. The summed E-state index contributed by atoms with van der Waals surface area (Å²) in [6.07, 6.45) is 5.08. The predicted molar refractivity (Wildman–Crippen MR) is 89.7 cm³/mol. The van der Waals surface area contributed by atoms with Crippen LogP contribution in [0.25, 0.3) is 0 Å². The highest BCUT2D eigenvalue weighted by Gasteiger charge is 2.43. The maximum atomic E-state index is 12.6. The van der Waals surface area contributed by atoms with Crippen molar-refractivity contribution in [3.05, 3.63) is 39.9 Å². The lowest BCUT2D eigenvalue weighted by atomic mass is 9.79. The van der Waals surface area contributed by atoms with E-state index >= 15 is 0 Å². The Morgan fingerprint density at radius 2 is 2.05 bits per heavy atom. The summed E-state index contributed by atoms with van der Waals surface area (Å²) in [4.78, 5) is 12.6. The number of hydrogen-bond donors (Lipinski definition) is 1. The van der Waals surface area contributed by atoms with E-state index in [0.717, 1.165) is 17.7 Å². The molecule has 0 unspecified atom stereocenters. The zero-order valence-electron chi connectivity index (χ0n) is 12.8. The third-order valence-electron chi connectivity index (χ3n) is 4.05. The first kappa shape index (κ1) is 15.7. The summed E-state index contributed by atoms with van der Waals surface area (Å²) in [5.74, 6) is 0.0460. The van der Waals surface area contributed by atoms with Crippen molar-refractivity contribution in [1.82, 2.24) is 0 Å². The Hall–Kier alpha value is -1.19. The number of ether oxygens (including phenoxy) is 1. The fourth-order valence-electron chi connectivity index (χ4n) is 3.22. The van der Waals surface area contributed by atoms with Crippen molar-refractivity contribution in [1.29, 1.82) is 0 Å². The molecular formula is C17H19Cl2NO2. The van der Waals surface area contributed by atoms with Gasteiger partial charge in [0.25, 0.3) is 0 Å². The van der Waals surface area contributed by atoms with E-state index in [1.807, 2.05) is 26.8 Å². The van der Waals surface area contributed by atoms with Crippen molar-refractivity contribution in [2.24, 2.45) is 5.92 Å². The molecule has 1 aliphatic heterocycles. The van der Waals surface area contributed by atoms with Crippen molar-refractivity contribution in [3.8, 4) is 0 Å². The second-order valence-electron chi connectivity index (χ2n) is 6.86. The van der Waals surface area contributed by atoms with Gasteiger partial charge in [-0.15, -0.1) is 0 Å². The maximum Gasteiger partial charge on any atom is 0.329 e. The molecule has 3 nitrogen and oxygen atoms in total. The molecule has 0 saturated heterocycles. The number of carbonyl (C=O) groups is 1. The number of carbonyl (C=O) groups excluding carboxylic acids is 1. The van der Waals surface area contributed by atoms with Crippen LogP contribution in [0.2, 0.25) is 10.0 Å². The molecule has 118 valence electrons. The van der Waals surface area contributed by atoms with Crippen LogP contribution in [0.5, 0.6) is 0 Å². The first-order chi connectivity index (χ1) is 10.3. The lowest BCUT2D eigenvalue weighted by Crippen LogP contribution is -2.45. The quantitative estimate of drug-likeness (QED) is 0.590. The van der Waals surface area contributed by atoms with Gasteiger partial charge in [0.15, 0.2) is 0 Å². The van der Waals surface area contributed by atoms with Gasteiger partial charge in [-0.2, -0.15) is 0 Å². The number of allylic oxidation sites excluding steroid dienone is 2. The molecule has 2 aliphatic rings. The molecule has 0 amide bonds. The third kappa shape index (κ3) is 2.84. The maximum absolute atomic E-state index is 12.6. The Bertz CT molecular complexity index is 649. The molecule has 0 fully saturated rings. The number of halogens is 2. The van der Waals surface area contributed by atoms with E-state index in [4.69, 9.17) is 27.9 Å². The Morgan fingerprint density at radius 1 is 1.32 bits per heavy atom. The summed E-state index contributed by atoms with van der Waals surface area (Å²) >= 11 is 12.4. The van der Waals surface area contributed by atoms with E-state index in [2.05, 4.69) is 17.5 Å². The highest BCUT2D eigenvalue weighted by atomic mass is 35.5. The van der Waals surface area contributed by atoms with Gasteiger partial charge in [-0.1, -0.05) is 35.4 Å². The molecule has 0 aromatic heterocycles. The number of esters is 1. The minimum absolute atomic E-state index is 0.136. The molecule has 0 bridgehead atoms. The minimum atomic E-state index is -0.510. The fourth-order valence-corrected chi connectivity index (χ4v) is 3.78. The molecule has 3 atom stereocenters. The van der Waals surface area contributed by atoms with Gasteiger partial charge in [0.2, 0.25) is 0 Å². The van der Waals surface area contributed by atoms with Gasteiger partial charge in [-0.05, 0) is 44.9 Å². The average Bonchev–Trinajstić information content (AvgIpc) is 2.85. The summed E-state index contributed by atoms with van der Waals surface area (Å²) in [6.45, 7) is 5.62. The zero-order valence-corrected chi connectivity index (χ0v) is 14.3. The van der Waals surface area contributed by atoms with Gasteiger partial charge >= 0.3 is 5.97 Å². The van der Waals surface area contributed by atoms with Crippen LogP contribution in [-0.4, -0.2) is 17.6 Å². The van der Waals surface area contributed by atoms with E-state index < -0.39 is 11.6 Å². The van der Waals surface area contributed by atoms with E-state index in [1.165, 1.54) is 0 Å². The Labute approximate surface area is 140 Å². The predicted octanol–water partition coefficient (Wildman–Crippen LogP) is 4.79. The van der Waals surface area contributed by atoms with Crippen molar-refractivity contribution in [2.45, 2.75) is 44.8 Å². The SMILES string of the molecule is CC(C)(C)OC(=O)[C@@H]1Nc2c(Cl)cc(Cl)cc2[C@@H]2C=CC[C@H]12. The molecule has 1 N–H and O–H groups in total. The van der Waals surface area contributed by atoms with Gasteiger partial charge in [-0.3, -0.25) is 0 Å². The first-order valence-electron chi connectivity index (χ1n) is 7.41. The van der Waals surface area contributed by atoms with Crippen LogP contribution in [0.4, 0.5) is 5.69 Å². The molecule has 1 aromatic rings. The zero-order chi connectivity index (χ0) is 16.1. The Kier molecular flexibility index (Phi) is 3.90. The van der Waals surface area contributed by atoms with Gasteiger partial charge in [-0.25, -0.2) is 4.79 Å². The van der Waals surface area contributed by atoms with Crippen molar-refractivity contribution >= 4 is 34.9 Å². The molecule has 0 radical (unpaired) electrons. The van der Waals surface area contributed by atoms with E-state index in [-0.39, 0.29) is 17.8 Å². The Morgan fingerprint density at radius 3 is 2.73 bits per heavy atom. The molecular weight excluding hydrogens is 321 g/mol. The van der Waals surface area contributed by atoms with Crippen LogP contribution < -0.4 is 5.32 Å². The highest BCUT2D eigenvalue weighted by molar-refractivity contribution is 6.36. The lowest BCUT2D eigenvalue weighted by Gasteiger charge is -2.37. The van der Waals surface area contributed by atoms with Crippen LogP contribution in [0.1, 0.15) is 38.7 Å². The molecule has 22 heavy (non-hydrogen) atoms. The second kappa shape index (κ2) is 5.47. The number of benzene rings is 1. The lowest BCUT2D eigenvalue weighted by molar-refractivity contribution is -0.157. The number of rotatable bonds is 1. The second-order valence-corrected chi connectivity index (χ2v) is 7.70. The molecule has 1 heterocycles. The summed E-state index contributed by atoms with van der Waals surface area (Å²) in [7, 11) is 0. The third-order valence-corrected chi connectivity index (χ3v) is 4.56. The molecule has 1 aromatic carbocycles. The van der Waals surface area contributed by atoms with Gasteiger partial charge in [0, 0.05) is 16.9 Å². The monoisotopic (exact) mass is 339 g/mol. The van der Waals surface area contributed by atoms with E-state index in [1.54, 1.807) is 6.07 Å². The van der Waals surface area contributed by atoms with Crippen LogP contribution in [0.15, 0.2) is 24.3 Å². The summed E-state index contributed by atoms with van der Waals surface area (Å²) in [6, 6.07) is 3.22. The Balaban J connectivity index is 1.98. The average molecular weight is 340 g/mol. The number of fused-ring (bicyclic) bond motifs is 3. The molecule has 5 heteroatoms. The fraction of sp³-hybridized carbons (Fsp3) is 0.471. The molecule has 3 rings (SSSR count). The largest absolute Gasteiger partial charge is 0.458 e. The summed E-state index contributed by atoms with van der Waals surface area (Å²) in [5.41, 5.74) is 1.33. The van der Waals surface area contributed by atoms with Gasteiger partial charge in [0.1, 0.15) is 11.6 Å². The van der Waals surface area contributed by atoms with E-state index in [0.29, 0.717) is 10.0 Å². The number of anilines is 1. The minimum Gasteiger partial charge on any atom is -0.458 e. The normalized spacial score (nSPS) is 26.1. The van der Waals surface area contributed by atoms with Crippen LogP contribution >= 0.6 is 23.2 Å².